The molecule has 0 aliphatic carbocycles. The van der Waals surface area contributed by atoms with Gasteiger partial charge in [-0.2, -0.15) is 0 Å². The van der Waals surface area contributed by atoms with Gasteiger partial charge in [-0.1, -0.05) is 0 Å². The maximum atomic E-state index is 13.5. The zero-order valence-corrected chi connectivity index (χ0v) is 12.9. The molecule has 1 aromatic carbocycles. The molecule has 1 saturated heterocycles. The second-order valence-corrected chi connectivity index (χ2v) is 5.93. The van der Waals surface area contributed by atoms with Gasteiger partial charge in [-0.3, -0.25) is 0 Å². The monoisotopic (exact) mass is 296 g/mol. The van der Waals surface area contributed by atoms with Crippen molar-refractivity contribution >= 4 is 5.69 Å². The van der Waals surface area contributed by atoms with Crippen molar-refractivity contribution in [1.29, 1.82) is 0 Å². The van der Waals surface area contributed by atoms with Crippen LogP contribution in [0.3, 0.4) is 0 Å². The lowest BCUT2D eigenvalue weighted by Gasteiger charge is -2.38. The van der Waals surface area contributed by atoms with Crippen molar-refractivity contribution in [2.45, 2.75) is 31.9 Å². The Labute approximate surface area is 125 Å². The fraction of sp³-hybridized carbons (Fsp3) is 0.625. The molecule has 2 rings (SSSR count). The van der Waals surface area contributed by atoms with Crippen LogP contribution in [0, 0.1) is 5.82 Å². The third kappa shape index (κ3) is 4.66. The summed E-state index contributed by atoms with van der Waals surface area (Å²) < 4.78 is 18.5. The molecule has 0 radical (unpaired) electrons. The molecule has 0 aromatic heterocycles. The third-order valence-electron chi connectivity index (χ3n) is 4.02. The maximum Gasteiger partial charge on any atom is 0.123 e. The minimum absolute atomic E-state index is 0.216. The number of hydrogen-bond donors (Lipinski definition) is 2. The smallest absolute Gasteiger partial charge is 0.123 e. The Morgan fingerprint density at radius 1 is 1.38 bits per heavy atom. The third-order valence-corrected chi connectivity index (χ3v) is 4.02. The molecule has 4 nitrogen and oxygen atoms in total. The van der Waals surface area contributed by atoms with E-state index in [0.29, 0.717) is 13.2 Å². The van der Waals surface area contributed by atoms with Gasteiger partial charge in [0.2, 0.25) is 0 Å². The number of ether oxygens (including phenoxy) is 1. The van der Waals surface area contributed by atoms with Crippen LogP contribution in [0.15, 0.2) is 18.2 Å². The second kappa shape index (κ2) is 7.20. The highest BCUT2D eigenvalue weighted by atomic mass is 19.1. The largest absolute Gasteiger partial charge is 0.390 e. The molecule has 0 unspecified atom stereocenters. The number of aliphatic hydroxyl groups is 1. The number of anilines is 1. The van der Waals surface area contributed by atoms with Crippen LogP contribution in [0.4, 0.5) is 10.1 Å². The van der Waals surface area contributed by atoms with Crippen LogP contribution in [-0.2, 0) is 11.3 Å². The van der Waals surface area contributed by atoms with Crippen LogP contribution in [0.1, 0.15) is 25.3 Å². The lowest BCUT2D eigenvalue weighted by atomic mass is 9.93. The number of hydrogen-bond acceptors (Lipinski definition) is 4. The Morgan fingerprint density at radius 2 is 2.10 bits per heavy atom. The van der Waals surface area contributed by atoms with Gasteiger partial charge in [0.05, 0.1) is 12.2 Å². The highest BCUT2D eigenvalue weighted by molar-refractivity contribution is 5.54. The highest BCUT2D eigenvalue weighted by Crippen LogP contribution is 2.28. The van der Waals surface area contributed by atoms with E-state index in [1.807, 2.05) is 13.0 Å². The molecule has 0 saturated carbocycles. The molecule has 0 bridgehead atoms. The molecule has 118 valence electrons. The van der Waals surface area contributed by atoms with Crippen molar-refractivity contribution in [1.82, 2.24) is 5.32 Å². The first-order valence-electron chi connectivity index (χ1n) is 7.47. The molecule has 1 aliphatic heterocycles. The van der Waals surface area contributed by atoms with Crippen LogP contribution in [0.2, 0.25) is 0 Å². The Morgan fingerprint density at radius 3 is 2.76 bits per heavy atom. The summed E-state index contributed by atoms with van der Waals surface area (Å²) in [5.74, 6) is -0.216. The number of methoxy groups -OCH3 is 1. The van der Waals surface area contributed by atoms with Crippen molar-refractivity contribution in [3.8, 4) is 0 Å². The van der Waals surface area contributed by atoms with Crippen molar-refractivity contribution in [3.63, 3.8) is 0 Å². The Kier molecular flexibility index (Phi) is 5.56. The molecule has 0 spiro atoms. The molecular formula is C16H25FN2O2. The number of piperidine rings is 1. The SMILES string of the molecule is COCCNCc1cc(F)ccc1N1CCC(C)(O)CC1. The number of nitrogens with one attached hydrogen (secondary N) is 1. The van der Waals surface area contributed by atoms with Gasteiger partial charge in [-0.15, -0.1) is 0 Å². The van der Waals surface area contributed by atoms with Crippen LogP contribution < -0.4 is 10.2 Å². The summed E-state index contributed by atoms with van der Waals surface area (Å²) in [7, 11) is 1.66. The Balaban J connectivity index is 2.04. The van der Waals surface area contributed by atoms with Gasteiger partial charge < -0.3 is 20.1 Å². The first-order valence-corrected chi connectivity index (χ1v) is 7.47. The van der Waals surface area contributed by atoms with Crippen LogP contribution in [0.5, 0.6) is 0 Å². The van der Waals surface area contributed by atoms with E-state index in [2.05, 4.69) is 10.2 Å². The van der Waals surface area contributed by atoms with Gasteiger partial charge in [0.15, 0.2) is 0 Å². The van der Waals surface area contributed by atoms with Crippen molar-refractivity contribution in [3.05, 3.63) is 29.6 Å². The van der Waals surface area contributed by atoms with E-state index in [1.165, 1.54) is 6.07 Å². The summed E-state index contributed by atoms with van der Waals surface area (Å²) in [6, 6.07) is 4.92. The van der Waals surface area contributed by atoms with Crippen molar-refractivity contribution in [2.75, 3.05) is 38.3 Å². The fourth-order valence-electron chi connectivity index (χ4n) is 2.63. The van der Waals surface area contributed by atoms with Gasteiger partial charge in [-0.05, 0) is 43.5 Å². The molecule has 2 N–H and O–H groups in total. The van der Waals surface area contributed by atoms with Crippen molar-refractivity contribution in [2.24, 2.45) is 0 Å². The molecule has 5 heteroatoms. The van der Waals surface area contributed by atoms with Gasteiger partial charge >= 0.3 is 0 Å². The van der Waals surface area contributed by atoms with E-state index < -0.39 is 5.60 Å². The molecule has 21 heavy (non-hydrogen) atoms. The minimum Gasteiger partial charge on any atom is -0.390 e. The second-order valence-electron chi connectivity index (χ2n) is 5.93. The summed E-state index contributed by atoms with van der Waals surface area (Å²) in [6.45, 7) is 5.46. The predicted octanol–water partition coefficient (Wildman–Crippen LogP) is 1.91. The molecule has 1 aromatic rings. The average Bonchev–Trinajstić information content (AvgIpc) is 2.44. The zero-order valence-electron chi connectivity index (χ0n) is 12.9. The van der Waals surface area contributed by atoms with E-state index in [-0.39, 0.29) is 5.82 Å². The van der Waals surface area contributed by atoms with Crippen LogP contribution >= 0.6 is 0 Å². The van der Waals surface area contributed by atoms with Crippen LogP contribution in [0.25, 0.3) is 0 Å². The highest BCUT2D eigenvalue weighted by Gasteiger charge is 2.28. The summed E-state index contributed by atoms with van der Waals surface area (Å²) in [4.78, 5) is 2.23. The average molecular weight is 296 g/mol. The number of benzene rings is 1. The normalized spacial score (nSPS) is 18.0. The minimum atomic E-state index is -0.576. The lowest BCUT2D eigenvalue weighted by Crippen LogP contribution is -2.43. The first kappa shape index (κ1) is 16.2. The standard InChI is InChI=1S/C16H25FN2O2/c1-16(20)5-8-19(9-6-16)15-4-3-14(17)11-13(15)12-18-7-10-21-2/h3-4,11,18,20H,5-10,12H2,1-2H3. The Bertz CT molecular complexity index is 456. The molecule has 1 fully saturated rings. The van der Waals surface area contributed by atoms with Gasteiger partial charge in [-0.25, -0.2) is 4.39 Å². The van der Waals surface area contributed by atoms with Gasteiger partial charge in [0, 0.05) is 39.0 Å². The predicted molar refractivity (Wildman–Crippen MR) is 82.1 cm³/mol. The molecule has 1 heterocycles. The van der Waals surface area contributed by atoms with Gasteiger partial charge in [0.25, 0.3) is 0 Å². The quantitative estimate of drug-likeness (QED) is 0.787. The number of rotatable bonds is 6. The lowest BCUT2D eigenvalue weighted by molar-refractivity contribution is 0.0351. The number of nitrogens with zero attached hydrogens (tertiary/aromatic N) is 1. The summed E-state index contributed by atoms with van der Waals surface area (Å²) in [6.07, 6.45) is 1.47. The molecule has 0 amide bonds. The maximum absolute atomic E-state index is 13.5. The topological polar surface area (TPSA) is 44.7 Å². The molecule has 0 atom stereocenters. The van der Waals surface area contributed by atoms with E-state index in [4.69, 9.17) is 4.74 Å². The zero-order chi connectivity index (χ0) is 15.3. The van der Waals surface area contributed by atoms with E-state index in [1.54, 1.807) is 13.2 Å². The van der Waals surface area contributed by atoms with Gasteiger partial charge in [0.1, 0.15) is 5.82 Å². The van der Waals surface area contributed by atoms with E-state index in [9.17, 15) is 9.50 Å². The van der Waals surface area contributed by atoms with Crippen LogP contribution in [-0.4, -0.2) is 44.1 Å². The van der Waals surface area contributed by atoms with E-state index >= 15 is 0 Å². The molecule has 1 aliphatic rings. The first-order chi connectivity index (χ1) is 10.0. The summed E-state index contributed by atoms with van der Waals surface area (Å²) >= 11 is 0. The summed E-state index contributed by atoms with van der Waals surface area (Å²) in [5.41, 5.74) is 1.43. The van der Waals surface area contributed by atoms with Crippen molar-refractivity contribution < 1.29 is 14.2 Å². The van der Waals surface area contributed by atoms with E-state index in [0.717, 1.165) is 43.7 Å². The summed E-state index contributed by atoms with van der Waals surface area (Å²) in [5, 5.41) is 13.3. The number of halogens is 1. The molecular weight excluding hydrogens is 271 g/mol. The fourth-order valence-corrected chi connectivity index (χ4v) is 2.63. The Hall–Kier alpha value is -1.17.